The maximum Gasteiger partial charge on any atom is 0.407 e. The molecule has 4 N–H and O–H groups in total. The van der Waals surface area contributed by atoms with E-state index in [1.807, 2.05) is 20.8 Å². The highest BCUT2D eigenvalue weighted by molar-refractivity contribution is 5.67. The number of carbonyl (C=O) groups is 1. The van der Waals surface area contributed by atoms with Crippen molar-refractivity contribution >= 4 is 6.09 Å². The van der Waals surface area contributed by atoms with Gasteiger partial charge in [-0.3, -0.25) is 0 Å². The van der Waals surface area contributed by atoms with Gasteiger partial charge in [0.15, 0.2) is 0 Å². The number of rotatable bonds is 6. The third-order valence-corrected chi connectivity index (χ3v) is 1.96. The third kappa shape index (κ3) is 8.49. The Hall–Kier alpha value is -0.810. The average molecular weight is 231 g/mol. The zero-order valence-corrected chi connectivity index (χ0v) is 10.8. The van der Waals surface area contributed by atoms with Crippen molar-refractivity contribution < 1.29 is 9.53 Å². The standard InChI is InChI=1S/C11H25N3O2/c1-5-9(13-7-6-12)8-14-10(15)16-11(2,3)4/h9,13H,5-8,12H2,1-4H3,(H,14,15). The zero-order valence-electron chi connectivity index (χ0n) is 10.8. The van der Waals surface area contributed by atoms with Gasteiger partial charge in [-0.2, -0.15) is 0 Å². The lowest BCUT2D eigenvalue weighted by Crippen LogP contribution is -2.43. The highest BCUT2D eigenvalue weighted by Gasteiger charge is 2.16. The van der Waals surface area contributed by atoms with E-state index >= 15 is 0 Å². The van der Waals surface area contributed by atoms with Crippen LogP contribution in [-0.4, -0.2) is 37.4 Å². The predicted octanol–water partition coefficient (Wildman–Crippen LogP) is 0.838. The van der Waals surface area contributed by atoms with Crippen molar-refractivity contribution in [1.29, 1.82) is 0 Å². The maximum atomic E-state index is 11.4. The smallest absolute Gasteiger partial charge is 0.407 e. The number of hydrogen-bond donors (Lipinski definition) is 3. The Kier molecular flexibility index (Phi) is 7.08. The first kappa shape index (κ1) is 15.2. The molecule has 0 radical (unpaired) electrons. The lowest BCUT2D eigenvalue weighted by molar-refractivity contribution is 0.0522. The highest BCUT2D eigenvalue weighted by Crippen LogP contribution is 2.06. The minimum absolute atomic E-state index is 0.246. The van der Waals surface area contributed by atoms with Crippen LogP contribution in [0.1, 0.15) is 34.1 Å². The number of ether oxygens (including phenoxy) is 1. The first-order chi connectivity index (χ1) is 7.39. The molecule has 1 unspecified atom stereocenters. The first-order valence-corrected chi connectivity index (χ1v) is 5.79. The second kappa shape index (κ2) is 7.46. The van der Waals surface area contributed by atoms with Gasteiger partial charge in [0.25, 0.3) is 0 Å². The summed E-state index contributed by atoms with van der Waals surface area (Å²) in [7, 11) is 0. The molecule has 0 aromatic carbocycles. The highest BCUT2D eigenvalue weighted by atomic mass is 16.6. The van der Waals surface area contributed by atoms with Gasteiger partial charge in [0.2, 0.25) is 0 Å². The van der Waals surface area contributed by atoms with Crippen LogP contribution < -0.4 is 16.4 Å². The number of alkyl carbamates (subject to hydrolysis) is 1. The fraction of sp³-hybridized carbons (Fsp3) is 0.909. The molecular weight excluding hydrogens is 206 g/mol. The van der Waals surface area contributed by atoms with Gasteiger partial charge in [-0.1, -0.05) is 6.92 Å². The van der Waals surface area contributed by atoms with Crippen molar-refractivity contribution in [2.45, 2.75) is 45.8 Å². The molecule has 1 amide bonds. The van der Waals surface area contributed by atoms with Gasteiger partial charge in [0, 0.05) is 25.7 Å². The second-order valence-electron chi connectivity index (χ2n) is 4.73. The monoisotopic (exact) mass is 231 g/mol. The summed E-state index contributed by atoms with van der Waals surface area (Å²) in [5, 5.41) is 5.98. The number of carbonyl (C=O) groups excluding carboxylic acids is 1. The molecule has 0 heterocycles. The molecule has 0 aromatic heterocycles. The number of amides is 1. The molecule has 0 aliphatic rings. The summed E-state index contributed by atoms with van der Waals surface area (Å²) in [4.78, 5) is 11.4. The van der Waals surface area contributed by atoms with Crippen molar-refractivity contribution in [2.24, 2.45) is 5.73 Å². The lowest BCUT2D eigenvalue weighted by atomic mass is 10.2. The fourth-order valence-electron chi connectivity index (χ4n) is 1.17. The van der Waals surface area contributed by atoms with Crippen molar-refractivity contribution in [3.05, 3.63) is 0 Å². The van der Waals surface area contributed by atoms with E-state index in [2.05, 4.69) is 17.6 Å². The van der Waals surface area contributed by atoms with Gasteiger partial charge >= 0.3 is 6.09 Å². The van der Waals surface area contributed by atoms with Crippen LogP contribution in [0.2, 0.25) is 0 Å². The van der Waals surface area contributed by atoms with Crippen molar-refractivity contribution in [2.75, 3.05) is 19.6 Å². The van der Waals surface area contributed by atoms with Crippen LogP contribution in [0.15, 0.2) is 0 Å². The van der Waals surface area contributed by atoms with E-state index < -0.39 is 5.60 Å². The van der Waals surface area contributed by atoms with Gasteiger partial charge in [-0.05, 0) is 27.2 Å². The van der Waals surface area contributed by atoms with Gasteiger partial charge in [-0.25, -0.2) is 4.79 Å². The molecule has 1 atom stereocenters. The van der Waals surface area contributed by atoms with Gasteiger partial charge in [0.1, 0.15) is 5.60 Å². The van der Waals surface area contributed by atoms with Gasteiger partial charge in [-0.15, -0.1) is 0 Å². The van der Waals surface area contributed by atoms with Crippen LogP contribution >= 0.6 is 0 Å². The Balaban J connectivity index is 3.79. The molecule has 0 fully saturated rings. The van der Waals surface area contributed by atoms with E-state index in [1.165, 1.54) is 0 Å². The van der Waals surface area contributed by atoms with Crippen LogP contribution in [0.25, 0.3) is 0 Å². The van der Waals surface area contributed by atoms with Gasteiger partial charge < -0.3 is 21.1 Å². The molecule has 16 heavy (non-hydrogen) atoms. The number of hydrogen-bond acceptors (Lipinski definition) is 4. The van der Waals surface area contributed by atoms with E-state index in [1.54, 1.807) is 0 Å². The summed E-state index contributed by atoms with van der Waals surface area (Å²) in [6, 6.07) is 0.246. The van der Waals surface area contributed by atoms with Crippen molar-refractivity contribution in [3.63, 3.8) is 0 Å². The van der Waals surface area contributed by atoms with Crippen LogP contribution in [0.4, 0.5) is 4.79 Å². The number of nitrogens with two attached hydrogens (primary N) is 1. The van der Waals surface area contributed by atoms with Crippen molar-refractivity contribution in [3.8, 4) is 0 Å². The lowest BCUT2D eigenvalue weighted by Gasteiger charge is -2.22. The van der Waals surface area contributed by atoms with E-state index in [9.17, 15) is 4.79 Å². The Morgan fingerprint density at radius 1 is 1.44 bits per heavy atom. The van der Waals surface area contributed by atoms with Crippen molar-refractivity contribution in [1.82, 2.24) is 10.6 Å². The molecule has 0 saturated heterocycles. The molecule has 0 aliphatic heterocycles. The SMILES string of the molecule is CCC(CNC(=O)OC(C)(C)C)NCCN. The Bertz CT molecular complexity index is 202. The second-order valence-corrected chi connectivity index (χ2v) is 4.73. The molecule has 5 nitrogen and oxygen atoms in total. The minimum atomic E-state index is -0.448. The van der Waals surface area contributed by atoms with Crippen LogP contribution in [0, 0.1) is 0 Å². The molecule has 0 aromatic rings. The summed E-state index contributed by atoms with van der Waals surface area (Å²) in [5.41, 5.74) is 4.95. The summed E-state index contributed by atoms with van der Waals surface area (Å²) in [6.07, 6.45) is 0.566. The summed E-state index contributed by atoms with van der Waals surface area (Å²) < 4.78 is 5.13. The van der Waals surface area contributed by atoms with Gasteiger partial charge in [0.05, 0.1) is 0 Å². The molecule has 96 valence electrons. The van der Waals surface area contributed by atoms with E-state index in [4.69, 9.17) is 10.5 Å². The quantitative estimate of drug-likeness (QED) is 0.633. The first-order valence-electron chi connectivity index (χ1n) is 5.79. The fourth-order valence-corrected chi connectivity index (χ4v) is 1.17. The number of nitrogens with one attached hydrogen (secondary N) is 2. The predicted molar refractivity (Wildman–Crippen MR) is 65.4 cm³/mol. The molecular formula is C11H25N3O2. The molecule has 0 rings (SSSR count). The normalized spacial score (nSPS) is 13.3. The maximum absolute atomic E-state index is 11.4. The average Bonchev–Trinajstić information content (AvgIpc) is 2.15. The minimum Gasteiger partial charge on any atom is -0.444 e. The molecule has 5 heteroatoms. The molecule has 0 aliphatic carbocycles. The Morgan fingerprint density at radius 3 is 2.50 bits per heavy atom. The largest absolute Gasteiger partial charge is 0.444 e. The van der Waals surface area contributed by atoms with E-state index in [0.29, 0.717) is 13.1 Å². The van der Waals surface area contributed by atoms with E-state index in [-0.39, 0.29) is 12.1 Å². The van der Waals surface area contributed by atoms with Crippen LogP contribution in [-0.2, 0) is 4.74 Å². The molecule has 0 bridgehead atoms. The summed E-state index contributed by atoms with van der Waals surface area (Å²) in [5.74, 6) is 0. The molecule has 0 saturated carbocycles. The Labute approximate surface area is 98.1 Å². The van der Waals surface area contributed by atoms with E-state index in [0.717, 1.165) is 13.0 Å². The van der Waals surface area contributed by atoms with Crippen LogP contribution in [0.3, 0.4) is 0 Å². The summed E-state index contributed by atoms with van der Waals surface area (Å²) in [6.45, 7) is 9.51. The zero-order chi connectivity index (χ0) is 12.6. The summed E-state index contributed by atoms with van der Waals surface area (Å²) >= 11 is 0. The topological polar surface area (TPSA) is 76.4 Å². The molecule has 0 spiro atoms. The van der Waals surface area contributed by atoms with Crippen LogP contribution in [0.5, 0.6) is 0 Å². The third-order valence-electron chi connectivity index (χ3n) is 1.96. The Morgan fingerprint density at radius 2 is 2.06 bits per heavy atom.